The van der Waals surface area contributed by atoms with Gasteiger partial charge in [-0.25, -0.2) is 4.79 Å². The standard InChI is InChI=1S/C24H19Cl2NO4/c1-13(2)30-15-5-3-14(4-6-15)22-18-11-16(8-10-21(18)27-23(22)24(28)29)31-17-7-9-19(25)20(26)12-17/h3-13,27H,1-2H3,(H,28,29). The van der Waals surface area contributed by atoms with Crippen LogP contribution in [0.2, 0.25) is 10.0 Å². The van der Waals surface area contributed by atoms with Gasteiger partial charge in [0.1, 0.15) is 22.9 Å². The van der Waals surface area contributed by atoms with Crippen LogP contribution in [-0.2, 0) is 0 Å². The zero-order chi connectivity index (χ0) is 22.1. The van der Waals surface area contributed by atoms with Gasteiger partial charge in [0.05, 0.1) is 16.1 Å². The number of rotatable bonds is 6. The lowest BCUT2D eigenvalue weighted by Gasteiger charge is -2.10. The summed E-state index contributed by atoms with van der Waals surface area (Å²) >= 11 is 12.0. The molecule has 0 aliphatic rings. The average Bonchev–Trinajstić information content (AvgIpc) is 3.10. The summed E-state index contributed by atoms with van der Waals surface area (Å²) in [5.41, 5.74) is 2.14. The number of hydrogen-bond donors (Lipinski definition) is 2. The van der Waals surface area contributed by atoms with Crippen LogP contribution in [0.5, 0.6) is 17.2 Å². The van der Waals surface area contributed by atoms with Gasteiger partial charge < -0.3 is 19.6 Å². The number of benzene rings is 3. The van der Waals surface area contributed by atoms with Crippen LogP contribution in [0.15, 0.2) is 60.7 Å². The fourth-order valence-corrected chi connectivity index (χ4v) is 3.63. The summed E-state index contributed by atoms with van der Waals surface area (Å²) in [6.45, 7) is 3.90. The maximum Gasteiger partial charge on any atom is 0.352 e. The molecule has 3 aromatic carbocycles. The molecule has 0 unspecified atom stereocenters. The van der Waals surface area contributed by atoms with Crippen LogP contribution in [0.4, 0.5) is 0 Å². The molecule has 0 atom stereocenters. The van der Waals surface area contributed by atoms with E-state index in [0.29, 0.717) is 32.6 Å². The second-order valence-electron chi connectivity index (χ2n) is 7.26. The maximum absolute atomic E-state index is 11.9. The number of carbonyl (C=O) groups is 1. The summed E-state index contributed by atoms with van der Waals surface area (Å²) in [6, 6.07) is 17.7. The third kappa shape index (κ3) is 4.48. The molecular formula is C24H19Cl2NO4. The summed E-state index contributed by atoms with van der Waals surface area (Å²) in [4.78, 5) is 14.9. The highest BCUT2D eigenvalue weighted by atomic mass is 35.5. The third-order valence-corrected chi connectivity index (χ3v) is 5.36. The smallest absolute Gasteiger partial charge is 0.352 e. The minimum atomic E-state index is -1.04. The maximum atomic E-state index is 11.9. The number of hydrogen-bond acceptors (Lipinski definition) is 3. The summed E-state index contributed by atoms with van der Waals surface area (Å²) in [5.74, 6) is 0.752. The molecule has 4 aromatic rings. The number of aromatic nitrogens is 1. The molecule has 5 nitrogen and oxygen atoms in total. The predicted octanol–water partition coefficient (Wildman–Crippen LogP) is 7.42. The van der Waals surface area contributed by atoms with Gasteiger partial charge in [0.15, 0.2) is 0 Å². The Labute approximate surface area is 189 Å². The molecule has 4 rings (SSSR count). The molecule has 0 aliphatic carbocycles. The van der Waals surface area contributed by atoms with E-state index in [1.165, 1.54) is 0 Å². The highest BCUT2D eigenvalue weighted by Gasteiger charge is 2.19. The number of carboxylic acids is 1. The van der Waals surface area contributed by atoms with E-state index in [-0.39, 0.29) is 11.8 Å². The summed E-state index contributed by atoms with van der Waals surface area (Å²) in [6.07, 6.45) is 0.0506. The van der Waals surface area contributed by atoms with Gasteiger partial charge in [-0.1, -0.05) is 35.3 Å². The average molecular weight is 456 g/mol. The number of H-pyrrole nitrogens is 1. The van der Waals surface area contributed by atoms with Crippen molar-refractivity contribution in [2.45, 2.75) is 20.0 Å². The van der Waals surface area contributed by atoms with Crippen LogP contribution in [0.25, 0.3) is 22.0 Å². The number of aromatic amines is 1. The van der Waals surface area contributed by atoms with Gasteiger partial charge in [-0.05, 0) is 61.9 Å². The monoisotopic (exact) mass is 455 g/mol. The Bertz CT molecular complexity index is 1260. The molecule has 1 aromatic heterocycles. The Balaban J connectivity index is 1.77. The van der Waals surface area contributed by atoms with E-state index in [0.717, 1.165) is 16.7 Å². The SMILES string of the molecule is CC(C)Oc1ccc(-c2c(C(=O)O)[nH]c3ccc(Oc4ccc(Cl)c(Cl)c4)cc23)cc1. The molecular weight excluding hydrogens is 437 g/mol. The first kappa shape index (κ1) is 21.1. The van der Waals surface area contributed by atoms with E-state index in [4.69, 9.17) is 32.7 Å². The van der Waals surface area contributed by atoms with Crippen molar-refractivity contribution in [2.24, 2.45) is 0 Å². The van der Waals surface area contributed by atoms with Crippen LogP contribution in [-0.4, -0.2) is 22.2 Å². The van der Waals surface area contributed by atoms with Gasteiger partial charge in [-0.15, -0.1) is 0 Å². The fraction of sp³-hybridized carbons (Fsp3) is 0.125. The summed E-state index contributed by atoms with van der Waals surface area (Å²) < 4.78 is 11.6. The molecule has 0 spiro atoms. The normalized spacial score (nSPS) is 11.1. The lowest BCUT2D eigenvalue weighted by atomic mass is 10.0. The first-order valence-corrected chi connectivity index (χ1v) is 10.4. The number of ether oxygens (including phenoxy) is 2. The molecule has 0 saturated heterocycles. The van der Waals surface area contributed by atoms with Crippen molar-refractivity contribution in [3.05, 3.63) is 76.4 Å². The van der Waals surface area contributed by atoms with E-state index in [2.05, 4.69) is 4.98 Å². The van der Waals surface area contributed by atoms with Crippen LogP contribution < -0.4 is 9.47 Å². The van der Waals surface area contributed by atoms with Crippen LogP contribution in [0.1, 0.15) is 24.3 Å². The van der Waals surface area contributed by atoms with Crippen LogP contribution in [0, 0.1) is 0 Å². The Morgan fingerprint density at radius 2 is 1.55 bits per heavy atom. The van der Waals surface area contributed by atoms with E-state index >= 15 is 0 Å². The number of halogens is 2. The van der Waals surface area contributed by atoms with Gasteiger partial charge in [0, 0.05) is 22.5 Å². The Morgan fingerprint density at radius 1 is 0.903 bits per heavy atom. The van der Waals surface area contributed by atoms with Crippen molar-refractivity contribution in [2.75, 3.05) is 0 Å². The number of carboxylic acid groups (broad SMARTS) is 1. The van der Waals surface area contributed by atoms with Crippen molar-refractivity contribution < 1.29 is 19.4 Å². The van der Waals surface area contributed by atoms with E-state index < -0.39 is 5.97 Å². The lowest BCUT2D eigenvalue weighted by Crippen LogP contribution is -2.05. The molecule has 7 heteroatoms. The second-order valence-corrected chi connectivity index (χ2v) is 8.07. The van der Waals surface area contributed by atoms with E-state index in [1.54, 1.807) is 36.4 Å². The fourth-order valence-electron chi connectivity index (χ4n) is 3.34. The zero-order valence-electron chi connectivity index (χ0n) is 16.8. The quantitative estimate of drug-likeness (QED) is 0.317. The van der Waals surface area contributed by atoms with Crippen molar-refractivity contribution in [3.8, 4) is 28.4 Å². The Hall–Kier alpha value is -3.15. The zero-order valence-corrected chi connectivity index (χ0v) is 18.3. The molecule has 158 valence electrons. The van der Waals surface area contributed by atoms with Gasteiger partial charge in [-0.2, -0.15) is 0 Å². The Morgan fingerprint density at radius 3 is 2.19 bits per heavy atom. The molecule has 0 saturated carbocycles. The third-order valence-electron chi connectivity index (χ3n) is 4.63. The largest absolute Gasteiger partial charge is 0.491 e. The van der Waals surface area contributed by atoms with E-state index in [1.807, 2.05) is 38.1 Å². The number of fused-ring (bicyclic) bond motifs is 1. The first-order chi connectivity index (χ1) is 14.8. The highest BCUT2D eigenvalue weighted by Crippen LogP contribution is 2.37. The van der Waals surface area contributed by atoms with Crippen molar-refractivity contribution >= 4 is 40.1 Å². The minimum Gasteiger partial charge on any atom is -0.491 e. The number of nitrogens with one attached hydrogen (secondary N) is 1. The van der Waals surface area contributed by atoms with Crippen LogP contribution >= 0.6 is 23.2 Å². The predicted molar refractivity (Wildman–Crippen MR) is 123 cm³/mol. The molecule has 0 fully saturated rings. The highest BCUT2D eigenvalue weighted by molar-refractivity contribution is 6.42. The van der Waals surface area contributed by atoms with Crippen molar-refractivity contribution in [3.63, 3.8) is 0 Å². The van der Waals surface area contributed by atoms with Crippen molar-refractivity contribution in [1.82, 2.24) is 4.98 Å². The van der Waals surface area contributed by atoms with Crippen LogP contribution in [0.3, 0.4) is 0 Å². The molecule has 1 heterocycles. The molecule has 0 amide bonds. The van der Waals surface area contributed by atoms with Crippen molar-refractivity contribution in [1.29, 1.82) is 0 Å². The second kappa shape index (κ2) is 8.53. The summed E-state index contributed by atoms with van der Waals surface area (Å²) in [5, 5.41) is 11.3. The lowest BCUT2D eigenvalue weighted by molar-refractivity contribution is 0.0692. The minimum absolute atomic E-state index is 0.0506. The number of aromatic carboxylic acids is 1. The van der Waals surface area contributed by atoms with Gasteiger partial charge in [0.2, 0.25) is 0 Å². The Kier molecular flexibility index (Phi) is 5.81. The van der Waals surface area contributed by atoms with Gasteiger partial charge >= 0.3 is 5.97 Å². The van der Waals surface area contributed by atoms with E-state index in [9.17, 15) is 9.90 Å². The molecule has 0 radical (unpaired) electrons. The topological polar surface area (TPSA) is 71.5 Å². The molecule has 0 bridgehead atoms. The molecule has 31 heavy (non-hydrogen) atoms. The summed E-state index contributed by atoms with van der Waals surface area (Å²) in [7, 11) is 0. The van der Waals surface area contributed by atoms with Gasteiger partial charge in [-0.3, -0.25) is 0 Å². The van der Waals surface area contributed by atoms with Gasteiger partial charge in [0.25, 0.3) is 0 Å². The molecule has 2 N–H and O–H groups in total. The molecule has 0 aliphatic heterocycles. The first-order valence-electron chi connectivity index (χ1n) is 9.61.